The Kier molecular flexibility index (Phi) is 5.95. The third kappa shape index (κ3) is 4.44. The lowest BCUT2D eigenvalue weighted by molar-refractivity contribution is -0.113. The number of hydrogen-bond acceptors (Lipinski definition) is 6. The minimum absolute atomic E-state index is 0.122. The van der Waals surface area contributed by atoms with Crippen LogP contribution in [0.1, 0.15) is 25.7 Å². The van der Waals surface area contributed by atoms with Gasteiger partial charge in [0.15, 0.2) is 10.3 Å². The number of thioether (sulfide) groups is 1. The van der Waals surface area contributed by atoms with Crippen LogP contribution < -0.4 is 5.32 Å². The number of rotatable bonds is 6. The van der Waals surface area contributed by atoms with Crippen LogP contribution in [0.5, 0.6) is 0 Å². The Balaban J connectivity index is 1.60. The van der Waals surface area contributed by atoms with Gasteiger partial charge in [-0.15, -0.1) is 21.5 Å². The van der Waals surface area contributed by atoms with Gasteiger partial charge in [-0.2, -0.15) is 0 Å². The largest absolute Gasteiger partial charge is 0.304 e. The lowest BCUT2D eigenvalue weighted by atomic mass is 10.2. The molecule has 2 heterocycles. The number of aromatic nitrogens is 4. The van der Waals surface area contributed by atoms with Crippen LogP contribution >= 0.6 is 34.7 Å². The molecule has 136 valence electrons. The van der Waals surface area contributed by atoms with E-state index in [1.54, 1.807) is 0 Å². The zero-order chi connectivity index (χ0) is 18.7. The predicted octanol–water partition coefficient (Wildman–Crippen LogP) is 4.68. The molecular formula is C17H18ClN5OS2. The number of anilines is 1. The molecule has 0 unspecified atom stereocenters. The van der Waals surface area contributed by atoms with Crippen molar-refractivity contribution in [3.8, 4) is 11.3 Å². The summed E-state index contributed by atoms with van der Waals surface area (Å²) in [4.78, 5) is 16.7. The van der Waals surface area contributed by atoms with E-state index in [0.717, 1.165) is 22.2 Å². The van der Waals surface area contributed by atoms with Crippen LogP contribution in [0.4, 0.5) is 5.13 Å². The molecule has 0 saturated carbocycles. The molecule has 1 N–H and O–H groups in total. The lowest BCUT2D eigenvalue weighted by Gasteiger charge is -2.11. The first-order valence-electron chi connectivity index (χ1n) is 7.99. The molecule has 3 rings (SSSR count). The average molecular weight is 408 g/mol. The molecular weight excluding hydrogens is 390 g/mol. The number of nitrogens with zero attached hydrogens (tertiary/aromatic N) is 4. The number of carbonyl (C=O) groups is 1. The Hall–Kier alpha value is -1.90. The van der Waals surface area contributed by atoms with E-state index in [-0.39, 0.29) is 17.7 Å². The topological polar surface area (TPSA) is 72.7 Å². The van der Waals surface area contributed by atoms with Crippen LogP contribution in [-0.2, 0) is 4.79 Å². The Morgan fingerprint density at radius 1 is 1.31 bits per heavy atom. The van der Waals surface area contributed by atoms with Crippen molar-refractivity contribution < 1.29 is 4.79 Å². The minimum atomic E-state index is -0.122. The molecule has 0 aliphatic heterocycles. The number of halogens is 1. The molecule has 6 nitrogen and oxygen atoms in total. The highest BCUT2D eigenvalue weighted by Gasteiger charge is 2.15. The molecule has 0 aliphatic carbocycles. The summed E-state index contributed by atoms with van der Waals surface area (Å²) in [5.74, 6) is 0.971. The molecule has 1 aromatic carbocycles. The maximum atomic E-state index is 12.2. The van der Waals surface area contributed by atoms with Gasteiger partial charge >= 0.3 is 0 Å². The first-order chi connectivity index (χ1) is 12.4. The Morgan fingerprint density at radius 2 is 2.04 bits per heavy atom. The second kappa shape index (κ2) is 8.20. The van der Waals surface area contributed by atoms with Gasteiger partial charge in [-0.05, 0) is 32.9 Å². The zero-order valence-corrected chi connectivity index (χ0v) is 17.0. The number of amides is 1. The maximum Gasteiger partial charge on any atom is 0.236 e. The SMILES string of the molecule is Cc1nnc(SCC(=O)Nc2nc(-c3ccc(Cl)cc3)cs2)n1C(C)C. The monoisotopic (exact) mass is 407 g/mol. The molecule has 1 amide bonds. The molecule has 0 saturated heterocycles. The molecule has 0 aliphatic rings. The number of benzene rings is 1. The third-order valence-electron chi connectivity index (χ3n) is 3.57. The fraction of sp³-hybridized carbons (Fsp3) is 0.294. The van der Waals surface area contributed by atoms with Gasteiger partial charge in [-0.1, -0.05) is 35.5 Å². The van der Waals surface area contributed by atoms with Crippen LogP contribution in [0, 0.1) is 6.92 Å². The molecule has 0 fully saturated rings. The number of carbonyl (C=O) groups excluding carboxylic acids is 1. The zero-order valence-electron chi connectivity index (χ0n) is 14.6. The summed E-state index contributed by atoms with van der Waals surface area (Å²) in [5.41, 5.74) is 1.77. The predicted molar refractivity (Wildman–Crippen MR) is 107 cm³/mol. The van der Waals surface area contributed by atoms with E-state index in [1.165, 1.54) is 23.1 Å². The second-order valence-corrected chi connectivity index (χ2v) is 8.11. The number of nitrogens with one attached hydrogen (secondary N) is 1. The van der Waals surface area contributed by atoms with Crippen molar-refractivity contribution in [2.24, 2.45) is 0 Å². The van der Waals surface area contributed by atoms with Crippen LogP contribution in [0.25, 0.3) is 11.3 Å². The molecule has 0 bridgehead atoms. The van der Waals surface area contributed by atoms with Crippen LogP contribution in [0.3, 0.4) is 0 Å². The van der Waals surface area contributed by atoms with Gasteiger partial charge in [0.25, 0.3) is 0 Å². The van der Waals surface area contributed by atoms with Gasteiger partial charge in [0.2, 0.25) is 5.91 Å². The van der Waals surface area contributed by atoms with Crippen LogP contribution in [0.2, 0.25) is 5.02 Å². The van der Waals surface area contributed by atoms with Gasteiger partial charge < -0.3 is 9.88 Å². The summed E-state index contributed by atoms with van der Waals surface area (Å²) in [7, 11) is 0. The Labute approximate surface area is 165 Å². The summed E-state index contributed by atoms with van der Waals surface area (Å²) < 4.78 is 2.01. The molecule has 0 atom stereocenters. The molecule has 2 aromatic heterocycles. The van der Waals surface area contributed by atoms with Gasteiger partial charge in [-0.3, -0.25) is 4.79 Å². The third-order valence-corrected chi connectivity index (χ3v) is 5.53. The van der Waals surface area contributed by atoms with Crippen molar-refractivity contribution in [1.29, 1.82) is 0 Å². The van der Waals surface area contributed by atoms with Crippen molar-refractivity contribution in [3.63, 3.8) is 0 Å². The summed E-state index contributed by atoms with van der Waals surface area (Å²) in [6.07, 6.45) is 0. The molecule has 26 heavy (non-hydrogen) atoms. The number of hydrogen-bond donors (Lipinski definition) is 1. The normalized spacial score (nSPS) is 11.1. The fourth-order valence-electron chi connectivity index (χ4n) is 2.41. The van der Waals surface area contributed by atoms with E-state index in [4.69, 9.17) is 11.6 Å². The average Bonchev–Trinajstić information content (AvgIpc) is 3.20. The highest BCUT2D eigenvalue weighted by molar-refractivity contribution is 7.99. The highest BCUT2D eigenvalue weighted by atomic mass is 35.5. The van der Waals surface area contributed by atoms with Gasteiger partial charge in [0.05, 0.1) is 11.4 Å². The summed E-state index contributed by atoms with van der Waals surface area (Å²) in [6, 6.07) is 7.69. The first kappa shape index (κ1) is 18.9. The fourth-order valence-corrected chi connectivity index (χ4v) is 4.19. The van der Waals surface area contributed by atoms with Crippen LogP contribution in [0.15, 0.2) is 34.8 Å². The first-order valence-corrected chi connectivity index (χ1v) is 10.2. The molecule has 0 radical (unpaired) electrons. The van der Waals surface area contributed by atoms with Gasteiger partial charge in [0, 0.05) is 22.0 Å². The minimum Gasteiger partial charge on any atom is -0.304 e. The summed E-state index contributed by atoms with van der Waals surface area (Å²) in [5, 5.41) is 15.0. The summed E-state index contributed by atoms with van der Waals surface area (Å²) in [6.45, 7) is 6.04. The van der Waals surface area contributed by atoms with Crippen molar-refractivity contribution in [2.45, 2.75) is 32.0 Å². The van der Waals surface area contributed by atoms with E-state index >= 15 is 0 Å². The van der Waals surface area contributed by atoms with E-state index in [2.05, 4.69) is 34.3 Å². The second-order valence-electron chi connectivity index (χ2n) is 5.88. The standard InChI is InChI=1S/C17H18ClN5OS2/c1-10(2)23-11(3)21-22-17(23)26-9-15(24)20-16-19-14(8-25-16)12-4-6-13(18)7-5-12/h4-8,10H,9H2,1-3H3,(H,19,20,24). The van der Waals surface area contributed by atoms with Crippen LogP contribution in [-0.4, -0.2) is 31.4 Å². The van der Waals surface area contributed by atoms with Crippen molar-refractivity contribution in [3.05, 3.63) is 40.5 Å². The van der Waals surface area contributed by atoms with E-state index in [0.29, 0.717) is 10.2 Å². The lowest BCUT2D eigenvalue weighted by Crippen LogP contribution is -2.15. The van der Waals surface area contributed by atoms with E-state index in [9.17, 15) is 4.79 Å². The van der Waals surface area contributed by atoms with Crippen molar-refractivity contribution in [1.82, 2.24) is 19.7 Å². The quantitative estimate of drug-likeness (QED) is 0.601. The smallest absolute Gasteiger partial charge is 0.236 e. The molecule has 9 heteroatoms. The maximum absolute atomic E-state index is 12.2. The summed E-state index contributed by atoms with van der Waals surface area (Å²) >= 11 is 8.66. The molecule has 3 aromatic rings. The van der Waals surface area contributed by atoms with Gasteiger partial charge in [-0.25, -0.2) is 4.98 Å². The van der Waals surface area contributed by atoms with Crippen molar-refractivity contribution >= 4 is 45.7 Å². The number of aryl methyl sites for hydroxylation is 1. The van der Waals surface area contributed by atoms with Gasteiger partial charge in [0.1, 0.15) is 5.82 Å². The van der Waals surface area contributed by atoms with E-state index in [1.807, 2.05) is 41.1 Å². The highest BCUT2D eigenvalue weighted by Crippen LogP contribution is 2.26. The van der Waals surface area contributed by atoms with E-state index < -0.39 is 0 Å². The Morgan fingerprint density at radius 3 is 2.73 bits per heavy atom. The molecule has 0 spiro atoms. The number of thiazole rings is 1. The van der Waals surface area contributed by atoms with Crippen molar-refractivity contribution in [2.75, 3.05) is 11.1 Å². The Bertz CT molecular complexity index is 904.